The smallest absolute Gasteiger partial charge is 0.325 e. The van der Waals surface area contributed by atoms with Gasteiger partial charge in [-0.25, -0.2) is 4.98 Å². The highest BCUT2D eigenvalue weighted by Gasteiger charge is 2.30. The van der Waals surface area contributed by atoms with Crippen LogP contribution in [0.3, 0.4) is 0 Å². The Kier molecular flexibility index (Phi) is 5.63. The number of anilines is 1. The summed E-state index contributed by atoms with van der Waals surface area (Å²) in [6.45, 7) is 0. The first-order chi connectivity index (χ1) is 14.2. The molecule has 1 amide bonds. The number of carbonyl (C=O) groups is 1. The van der Waals surface area contributed by atoms with Gasteiger partial charge < -0.3 is 5.32 Å². The third-order valence-corrected chi connectivity index (χ3v) is 7.18. The lowest BCUT2D eigenvalue weighted by molar-refractivity contribution is -0.137. The van der Waals surface area contributed by atoms with Crippen molar-refractivity contribution in [3.8, 4) is 0 Å². The summed E-state index contributed by atoms with van der Waals surface area (Å²) >= 11 is 2.62. The van der Waals surface area contributed by atoms with E-state index >= 15 is 0 Å². The number of aromatic nitrogens is 2. The standard InChI is InChI=1S/C20H18F3N3O2S2/c1-26-18(28)16-13-7-2-3-8-14(13)30-17(16)25-19(26)29-10-15(27)24-12-6-4-5-11(9-12)20(21,22)23/h4-6,9H,2-3,7-8,10H2,1H3,(H,24,27). The minimum Gasteiger partial charge on any atom is -0.325 e. The third-order valence-electron chi connectivity index (χ3n) is 4.96. The zero-order chi connectivity index (χ0) is 21.5. The number of amides is 1. The molecule has 0 aliphatic heterocycles. The quantitative estimate of drug-likeness (QED) is 0.462. The van der Waals surface area contributed by atoms with E-state index < -0.39 is 17.6 Å². The van der Waals surface area contributed by atoms with Gasteiger partial charge in [-0.1, -0.05) is 17.8 Å². The van der Waals surface area contributed by atoms with Crippen LogP contribution in [0.2, 0.25) is 0 Å². The highest BCUT2D eigenvalue weighted by atomic mass is 32.2. The molecule has 0 unspecified atom stereocenters. The molecular formula is C20H18F3N3O2S2. The van der Waals surface area contributed by atoms with E-state index in [-0.39, 0.29) is 17.0 Å². The van der Waals surface area contributed by atoms with Crippen molar-refractivity contribution in [1.29, 1.82) is 0 Å². The molecule has 2 heterocycles. The molecule has 0 saturated carbocycles. The summed E-state index contributed by atoms with van der Waals surface area (Å²) in [6.07, 6.45) is -0.460. The predicted octanol–water partition coefficient (Wildman–Crippen LogP) is 4.62. The topological polar surface area (TPSA) is 64.0 Å². The molecular weight excluding hydrogens is 435 g/mol. The van der Waals surface area contributed by atoms with Gasteiger partial charge in [0.1, 0.15) is 4.83 Å². The van der Waals surface area contributed by atoms with Crippen LogP contribution in [0.1, 0.15) is 28.8 Å². The summed E-state index contributed by atoms with van der Waals surface area (Å²) in [6, 6.07) is 4.47. The third kappa shape index (κ3) is 4.11. The SMILES string of the molecule is Cn1c(SCC(=O)Nc2cccc(C(F)(F)F)c2)nc2sc3c(c2c1=O)CCCC3. The molecule has 1 aliphatic carbocycles. The van der Waals surface area contributed by atoms with Gasteiger partial charge >= 0.3 is 6.18 Å². The Hall–Kier alpha value is -2.33. The van der Waals surface area contributed by atoms with Crippen molar-refractivity contribution in [1.82, 2.24) is 9.55 Å². The van der Waals surface area contributed by atoms with Gasteiger partial charge in [-0.3, -0.25) is 14.2 Å². The van der Waals surface area contributed by atoms with Crippen LogP contribution >= 0.6 is 23.1 Å². The average Bonchev–Trinajstić information content (AvgIpc) is 3.07. The van der Waals surface area contributed by atoms with E-state index in [0.717, 1.165) is 55.1 Å². The molecule has 4 rings (SSSR count). The van der Waals surface area contributed by atoms with Crippen LogP contribution in [0.15, 0.2) is 34.2 Å². The molecule has 1 N–H and O–H groups in total. The number of fused-ring (bicyclic) bond motifs is 3. The Morgan fingerprint density at radius 3 is 2.83 bits per heavy atom. The van der Waals surface area contributed by atoms with E-state index in [1.54, 1.807) is 7.05 Å². The molecule has 158 valence electrons. The van der Waals surface area contributed by atoms with Crippen LogP contribution in [-0.2, 0) is 30.9 Å². The molecule has 10 heteroatoms. The van der Waals surface area contributed by atoms with E-state index in [0.29, 0.717) is 15.4 Å². The Morgan fingerprint density at radius 1 is 1.30 bits per heavy atom. The maximum atomic E-state index is 12.9. The molecule has 1 aliphatic rings. The number of rotatable bonds is 4. The van der Waals surface area contributed by atoms with Crippen molar-refractivity contribution in [2.45, 2.75) is 37.0 Å². The number of hydrogen-bond acceptors (Lipinski definition) is 5. The fraction of sp³-hybridized carbons (Fsp3) is 0.350. The lowest BCUT2D eigenvalue weighted by Gasteiger charge is -2.11. The molecule has 5 nitrogen and oxygen atoms in total. The number of alkyl halides is 3. The van der Waals surface area contributed by atoms with E-state index in [1.807, 2.05) is 0 Å². The van der Waals surface area contributed by atoms with Crippen molar-refractivity contribution in [2.75, 3.05) is 11.1 Å². The summed E-state index contributed by atoms with van der Waals surface area (Å²) in [4.78, 5) is 31.6. The number of nitrogens with one attached hydrogen (secondary N) is 1. The minimum absolute atomic E-state index is 0.0682. The van der Waals surface area contributed by atoms with Crippen LogP contribution in [-0.4, -0.2) is 21.2 Å². The number of hydrogen-bond donors (Lipinski definition) is 1. The summed E-state index contributed by atoms with van der Waals surface area (Å²) in [5, 5.41) is 3.55. The second kappa shape index (κ2) is 8.07. The number of thiophene rings is 1. The molecule has 30 heavy (non-hydrogen) atoms. The highest BCUT2D eigenvalue weighted by molar-refractivity contribution is 7.99. The average molecular weight is 454 g/mol. The van der Waals surface area contributed by atoms with E-state index in [2.05, 4.69) is 10.3 Å². The van der Waals surface area contributed by atoms with Crippen LogP contribution in [0, 0.1) is 0 Å². The van der Waals surface area contributed by atoms with Gasteiger partial charge in [0, 0.05) is 17.6 Å². The van der Waals surface area contributed by atoms with E-state index in [4.69, 9.17) is 0 Å². The first kappa shape index (κ1) is 20.9. The molecule has 0 radical (unpaired) electrons. The molecule has 1 aromatic carbocycles. The number of halogens is 3. The number of aryl methyl sites for hydroxylation is 2. The molecule has 0 spiro atoms. The second-order valence-electron chi connectivity index (χ2n) is 7.07. The molecule has 0 fully saturated rings. The lowest BCUT2D eigenvalue weighted by Crippen LogP contribution is -2.22. The first-order valence-corrected chi connectivity index (χ1v) is 11.2. The summed E-state index contributed by atoms with van der Waals surface area (Å²) in [5.41, 5.74) is 0.219. The lowest BCUT2D eigenvalue weighted by atomic mass is 9.97. The van der Waals surface area contributed by atoms with Crippen LogP contribution in [0.4, 0.5) is 18.9 Å². The zero-order valence-corrected chi connectivity index (χ0v) is 17.6. The maximum absolute atomic E-state index is 12.9. The molecule has 3 aromatic rings. The number of carbonyl (C=O) groups excluding carboxylic acids is 1. The van der Waals surface area contributed by atoms with E-state index in [1.165, 1.54) is 32.9 Å². The van der Waals surface area contributed by atoms with Crippen molar-refractivity contribution < 1.29 is 18.0 Å². The predicted molar refractivity (Wildman–Crippen MR) is 112 cm³/mol. The van der Waals surface area contributed by atoms with Gasteiger partial charge in [0.05, 0.1) is 16.7 Å². The number of thioether (sulfide) groups is 1. The van der Waals surface area contributed by atoms with Gasteiger partial charge in [-0.15, -0.1) is 11.3 Å². The Morgan fingerprint density at radius 2 is 2.07 bits per heavy atom. The fourth-order valence-corrected chi connectivity index (χ4v) is 5.57. The molecule has 0 atom stereocenters. The zero-order valence-electron chi connectivity index (χ0n) is 16.0. The van der Waals surface area contributed by atoms with Crippen molar-refractivity contribution in [2.24, 2.45) is 7.05 Å². The van der Waals surface area contributed by atoms with Gasteiger partial charge in [-0.05, 0) is 49.4 Å². The van der Waals surface area contributed by atoms with Crippen LogP contribution in [0.5, 0.6) is 0 Å². The van der Waals surface area contributed by atoms with Gasteiger partial charge in [0.2, 0.25) is 5.91 Å². The van der Waals surface area contributed by atoms with Crippen molar-refractivity contribution in [3.05, 3.63) is 50.6 Å². The normalized spacial score (nSPS) is 14.0. The van der Waals surface area contributed by atoms with E-state index in [9.17, 15) is 22.8 Å². The summed E-state index contributed by atoms with van der Waals surface area (Å²) < 4.78 is 39.9. The monoisotopic (exact) mass is 453 g/mol. The fourth-order valence-electron chi connectivity index (χ4n) is 3.50. The Labute approximate surface area is 178 Å². The van der Waals surface area contributed by atoms with Crippen LogP contribution < -0.4 is 10.9 Å². The largest absolute Gasteiger partial charge is 0.416 e. The summed E-state index contributed by atoms with van der Waals surface area (Å²) in [5.74, 6) is -0.549. The van der Waals surface area contributed by atoms with Gasteiger partial charge in [-0.2, -0.15) is 13.2 Å². The minimum atomic E-state index is -4.48. The first-order valence-electron chi connectivity index (χ1n) is 9.35. The highest BCUT2D eigenvalue weighted by Crippen LogP contribution is 2.34. The number of benzene rings is 1. The Balaban J connectivity index is 1.50. The summed E-state index contributed by atoms with van der Waals surface area (Å²) in [7, 11) is 1.62. The van der Waals surface area contributed by atoms with Gasteiger partial charge in [0.25, 0.3) is 5.56 Å². The molecule has 2 aromatic heterocycles. The molecule has 0 saturated heterocycles. The van der Waals surface area contributed by atoms with Crippen molar-refractivity contribution in [3.63, 3.8) is 0 Å². The van der Waals surface area contributed by atoms with Gasteiger partial charge in [0.15, 0.2) is 5.16 Å². The maximum Gasteiger partial charge on any atom is 0.416 e. The Bertz CT molecular complexity index is 1180. The van der Waals surface area contributed by atoms with Crippen molar-refractivity contribution >= 4 is 44.9 Å². The number of nitrogens with zero attached hydrogens (tertiary/aromatic N) is 2. The second-order valence-corrected chi connectivity index (χ2v) is 9.09. The van der Waals surface area contributed by atoms with Crippen LogP contribution in [0.25, 0.3) is 10.2 Å². The molecule has 0 bridgehead atoms.